The van der Waals surface area contributed by atoms with Gasteiger partial charge in [0.05, 0.1) is 18.3 Å². The Morgan fingerprint density at radius 3 is 2.42 bits per heavy atom. The first kappa shape index (κ1) is 21.4. The lowest BCUT2D eigenvalue weighted by Crippen LogP contribution is -2.64. The van der Waals surface area contributed by atoms with Crippen LogP contribution in [0.25, 0.3) is 0 Å². The molecule has 176 valence electrons. The molecule has 1 spiro atoms. The highest BCUT2D eigenvalue weighted by atomic mass is 16.5. The molecule has 0 aromatic heterocycles. The summed E-state index contributed by atoms with van der Waals surface area (Å²) in [6.07, 6.45) is 10.5. The van der Waals surface area contributed by atoms with Crippen LogP contribution in [0.15, 0.2) is 0 Å². The zero-order valence-electron chi connectivity index (χ0n) is 20.1. The van der Waals surface area contributed by atoms with Crippen LogP contribution < -0.4 is 5.32 Å². The quantitative estimate of drug-likeness (QED) is 0.534. The van der Waals surface area contributed by atoms with Crippen LogP contribution in [0, 0.1) is 52.3 Å². The van der Waals surface area contributed by atoms with E-state index in [0.717, 1.165) is 49.5 Å². The Morgan fingerprint density at radius 1 is 0.871 bits per heavy atom. The van der Waals surface area contributed by atoms with E-state index in [0.29, 0.717) is 34.7 Å². The number of rotatable bonds is 0. The number of aliphatic hydroxyl groups is 2. The largest absolute Gasteiger partial charge is 0.393 e. The minimum absolute atomic E-state index is 0.0584. The maximum Gasteiger partial charge on any atom is 0.148 e. The van der Waals surface area contributed by atoms with Crippen molar-refractivity contribution in [3.05, 3.63) is 0 Å². The van der Waals surface area contributed by atoms with Gasteiger partial charge in [0.15, 0.2) is 0 Å². The van der Waals surface area contributed by atoms with E-state index in [1.54, 1.807) is 0 Å². The van der Waals surface area contributed by atoms with E-state index in [1.807, 2.05) is 0 Å². The Labute approximate surface area is 188 Å². The van der Waals surface area contributed by atoms with Crippen LogP contribution in [0.2, 0.25) is 0 Å². The fourth-order valence-corrected chi connectivity index (χ4v) is 10.6. The molecule has 0 aromatic rings. The van der Waals surface area contributed by atoms with E-state index in [4.69, 9.17) is 4.74 Å². The summed E-state index contributed by atoms with van der Waals surface area (Å²) in [5.74, 6) is 4.60. The molecule has 0 radical (unpaired) electrons. The van der Waals surface area contributed by atoms with Crippen LogP contribution in [0.1, 0.15) is 85.5 Å². The number of ether oxygens (including phenoxy) is 1. The van der Waals surface area contributed by atoms with Crippen molar-refractivity contribution in [3.63, 3.8) is 0 Å². The van der Waals surface area contributed by atoms with Crippen LogP contribution in [0.4, 0.5) is 0 Å². The molecule has 6 aliphatic rings. The molecule has 31 heavy (non-hydrogen) atoms. The molecule has 0 aromatic carbocycles. The van der Waals surface area contributed by atoms with Crippen LogP contribution in [0.5, 0.6) is 0 Å². The molecule has 4 aliphatic carbocycles. The zero-order valence-corrected chi connectivity index (χ0v) is 20.1. The summed E-state index contributed by atoms with van der Waals surface area (Å²) in [6, 6.07) is 0. The van der Waals surface area contributed by atoms with Gasteiger partial charge in [-0.15, -0.1) is 0 Å². The molecule has 2 saturated heterocycles. The molecule has 0 bridgehead atoms. The van der Waals surface area contributed by atoms with Crippen LogP contribution in [-0.4, -0.2) is 40.8 Å². The second kappa shape index (κ2) is 6.93. The highest BCUT2D eigenvalue weighted by Gasteiger charge is 2.70. The Bertz CT molecular complexity index is 729. The predicted molar refractivity (Wildman–Crippen MR) is 121 cm³/mol. The standard InChI is InChI=1S/C27H45NO3/c1-15-11-23(30)27(28-14-15)16(2)24-22(31-27)13-21-19-6-5-17-12-18(29)7-9-25(17,3)20(19)8-10-26(21,24)4/h15-24,28-30H,5-14H2,1-4H3/t15-,16+,17+,18+,19-,20+,21+,22+,23-,24+,25+,26+,27+/m1/s1. The molecule has 6 fully saturated rings. The minimum atomic E-state index is -0.518. The molecule has 0 amide bonds. The summed E-state index contributed by atoms with van der Waals surface area (Å²) >= 11 is 0. The topological polar surface area (TPSA) is 61.7 Å². The lowest BCUT2D eigenvalue weighted by molar-refractivity contribution is -0.180. The predicted octanol–water partition coefficient (Wildman–Crippen LogP) is 4.34. The SMILES string of the molecule is C[C@H]1CN[C@@]2(O[C@H]3C[C@H]4[C@@H]5CC[C@H]6C[C@@H](O)CC[C@]6(C)[C@H]5CC[C@]4(C)[C@H]3[C@@H]2C)[C@H](O)C1. The molecule has 0 unspecified atom stereocenters. The second-order valence-electron chi connectivity index (χ2n) is 13.4. The summed E-state index contributed by atoms with van der Waals surface area (Å²) in [7, 11) is 0. The van der Waals surface area contributed by atoms with Gasteiger partial charge in [0.1, 0.15) is 5.72 Å². The highest BCUT2D eigenvalue weighted by molar-refractivity contribution is 5.17. The number of piperidine rings is 1. The maximum absolute atomic E-state index is 11.1. The van der Waals surface area contributed by atoms with Gasteiger partial charge in [-0.1, -0.05) is 27.7 Å². The first-order valence-electron chi connectivity index (χ1n) is 13.5. The summed E-state index contributed by atoms with van der Waals surface area (Å²) in [5.41, 5.74) is 0.262. The van der Waals surface area contributed by atoms with E-state index < -0.39 is 11.8 Å². The highest BCUT2D eigenvalue weighted by Crippen LogP contribution is 2.71. The van der Waals surface area contributed by atoms with E-state index in [-0.39, 0.29) is 6.10 Å². The molecule has 2 aliphatic heterocycles. The molecule has 6 rings (SSSR count). The van der Waals surface area contributed by atoms with Crippen LogP contribution >= 0.6 is 0 Å². The first-order chi connectivity index (χ1) is 14.7. The number of nitrogens with one attached hydrogen (secondary N) is 1. The molecule has 2 heterocycles. The zero-order chi connectivity index (χ0) is 21.8. The maximum atomic E-state index is 11.1. The Balaban J connectivity index is 1.27. The van der Waals surface area contributed by atoms with Gasteiger partial charge in [-0.25, -0.2) is 0 Å². The normalized spacial score (nSPS) is 63.3. The fourth-order valence-electron chi connectivity index (χ4n) is 10.6. The molecule has 3 N–H and O–H groups in total. The third-order valence-corrected chi connectivity index (χ3v) is 12.1. The van der Waals surface area contributed by atoms with Gasteiger partial charge in [0, 0.05) is 12.5 Å². The van der Waals surface area contributed by atoms with Gasteiger partial charge in [-0.3, -0.25) is 5.32 Å². The number of hydrogen-bond donors (Lipinski definition) is 3. The minimum Gasteiger partial charge on any atom is -0.393 e. The average Bonchev–Trinajstić information content (AvgIpc) is 3.17. The lowest BCUT2D eigenvalue weighted by Gasteiger charge is -2.61. The monoisotopic (exact) mass is 431 g/mol. The molecular weight excluding hydrogens is 386 g/mol. The van der Waals surface area contributed by atoms with Crippen molar-refractivity contribution < 1.29 is 14.9 Å². The van der Waals surface area contributed by atoms with Crippen molar-refractivity contribution >= 4 is 0 Å². The van der Waals surface area contributed by atoms with Crippen molar-refractivity contribution in [1.82, 2.24) is 5.32 Å². The van der Waals surface area contributed by atoms with Crippen molar-refractivity contribution in [2.24, 2.45) is 52.3 Å². The summed E-state index contributed by atoms with van der Waals surface area (Å²) < 4.78 is 6.88. The molecule has 4 nitrogen and oxygen atoms in total. The van der Waals surface area contributed by atoms with Crippen molar-refractivity contribution in [1.29, 1.82) is 0 Å². The third-order valence-electron chi connectivity index (χ3n) is 12.1. The Kier molecular flexibility index (Phi) is 4.78. The Hall–Kier alpha value is -0.160. The number of fused-ring (bicyclic) bond motifs is 7. The van der Waals surface area contributed by atoms with E-state index in [1.165, 1.54) is 38.5 Å². The molecule has 4 saturated carbocycles. The second-order valence-corrected chi connectivity index (χ2v) is 13.4. The molecule has 13 atom stereocenters. The molecular formula is C27H45NO3. The third kappa shape index (κ3) is 2.74. The van der Waals surface area contributed by atoms with Gasteiger partial charge in [-0.05, 0) is 104 Å². The number of hydrogen-bond acceptors (Lipinski definition) is 4. The van der Waals surface area contributed by atoms with E-state index in [9.17, 15) is 10.2 Å². The van der Waals surface area contributed by atoms with E-state index >= 15 is 0 Å². The van der Waals surface area contributed by atoms with Crippen molar-refractivity contribution in [3.8, 4) is 0 Å². The average molecular weight is 432 g/mol. The van der Waals surface area contributed by atoms with Crippen LogP contribution in [0.3, 0.4) is 0 Å². The summed E-state index contributed by atoms with van der Waals surface area (Å²) in [6.45, 7) is 10.7. The van der Waals surface area contributed by atoms with E-state index in [2.05, 4.69) is 33.0 Å². The first-order valence-corrected chi connectivity index (χ1v) is 13.5. The molecule has 4 heteroatoms. The van der Waals surface area contributed by atoms with Gasteiger partial charge in [0.25, 0.3) is 0 Å². The summed E-state index contributed by atoms with van der Waals surface area (Å²) in [5, 5.41) is 25.1. The van der Waals surface area contributed by atoms with Crippen molar-refractivity contribution in [2.45, 2.75) is 110 Å². The van der Waals surface area contributed by atoms with Gasteiger partial charge >= 0.3 is 0 Å². The lowest BCUT2D eigenvalue weighted by atomic mass is 9.44. The van der Waals surface area contributed by atoms with Gasteiger partial charge in [-0.2, -0.15) is 0 Å². The van der Waals surface area contributed by atoms with Crippen LogP contribution in [-0.2, 0) is 4.74 Å². The van der Waals surface area contributed by atoms with Gasteiger partial charge < -0.3 is 14.9 Å². The van der Waals surface area contributed by atoms with Crippen molar-refractivity contribution in [2.75, 3.05) is 6.54 Å². The summed E-state index contributed by atoms with van der Waals surface area (Å²) in [4.78, 5) is 0. The van der Waals surface area contributed by atoms with Gasteiger partial charge in [0.2, 0.25) is 0 Å². The fraction of sp³-hybridized carbons (Fsp3) is 1.00. The Morgan fingerprint density at radius 2 is 1.65 bits per heavy atom. The number of aliphatic hydroxyl groups excluding tert-OH is 2. The smallest absolute Gasteiger partial charge is 0.148 e.